The van der Waals surface area contributed by atoms with Crippen LogP contribution in [0.2, 0.25) is 0 Å². The molecule has 4 nitrogen and oxygen atoms in total. The fourth-order valence-electron chi connectivity index (χ4n) is 2.98. The number of hydrogen-bond donors (Lipinski definition) is 1. The van der Waals surface area contributed by atoms with E-state index in [9.17, 15) is 13.6 Å². The summed E-state index contributed by atoms with van der Waals surface area (Å²) >= 11 is 1.58. The molecular weight excluding hydrogens is 392 g/mol. The van der Waals surface area contributed by atoms with Gasteiger partial charge in [-0.2, -0.15) is 17.0 Å². The van der Waals surface area contributed by atoms with Gasteiger partial charge in [0.15, 0.2) is 0 Å². The zero-order chi connectivity index (χ0) is 19.3. The third kappa shape index (κ3) is 6.34. The molecule has 1 saturated heterocycles. The number of benzene rings is 1. The lowest BCUT2D eigenvalue weighted by molar-refractivity contribution is -0.133. The number of nitriles is 1. The van der Waals surface area contributed by atoms with Crippen molar-refractivity contribution < 1.29 is 13.6 Å². The van der Waals surface area contributed by atoms with Gasteiger partial charge in [0.1, 0.15) is 18.0 Å². The van der Waals surface area contributed by atoms with Gasteiger partial charge in [0.05, 0.1) is 18.7 Å². The van der Waals surface area contributed by atoms with Gasteiger partial charge in [-0.1, -0.05) is 12.1 Å². The molecule has 2 N–H and O–H groups in total. The Morgan fingerprint density at radius 1 is 1.44 bits per heavy atom. The monoisotopic (exact) mass is 417 g/mol. The van der Waals surface area contributed by atoms with Crippen LogP contribution in [0.25, 0.3) is 0 Å². The van der Waals surface area contributed by atoms with Crippen molar-refractivity contribution in [2.24, 2.45) is 5.73 Å². The van der Waals surface area contributed by atoms with Gasteiger partial charge < -0.3 is 10.6 Å². The smallest absolute Gasteiger partial charge is 0.242 e. The van der Waals surface area contributed by atoms with E-state index in [1.807, 2.05) is 19.9 Å². The minimum atomic E-state index is -1.16. The lowest BCUT2D eigenvalue weighted by Crippen LogP contribution is -2.54. The first-order valence-corrected chi connectivity index (χ1v) is 9.71. The molecule has 1 fully saturated rings. The second-order valence-electron chi connectivity index (χ2n) is 7.13. The van der Waals surface area contributed by atoms with Crippen molar-refractivity contribution in [2.75, 3.05) is 12.3 Å². The fourth-order valence-corrected chi connectivity index (χ4v) is 4.07. The highest BCUT2D eigenvalue weighted by Gasteiger charge is 2.41. The average molecular weight is 418 g/mol. The van der Waals surface area contributed by atoms with Crippen molar-refractivity contribution in [3.63, 3.8) is 0 Å². The van der Waals surface area contributed by atoms with Crippen LogP contribution in [0.5, 0.6) is 0 Å². The maximum absolute atomic E-state index is 13.6. The molecule has 3 atom stereocenters. The lowest BCUT2D eigenvalue weighted by Gasteiger charge is -2.33. The highest BCUT2D eigenvalue weighted by atomic mass is 35.5. The Morgan fingerprint density at radius 3 is 2.67 bits per heavy atom. The molecule has 8 heteroatoms. The first kappa shape index (κ1) is 23.7. The summed E-state index contributed by atoms with van der Waals surface area (Å²) in [6.07, 6.45) is 0.582. The molecule has 1 amide bonds. The fraction of sp³-hybridized carbons (Fsp3) is 0.579. The standard InChI is InChI=1S/C19H25F2N3OS.ClH/c1-19(2,26-9-3-4-13-5-7-14(20)8-6-13)17(23)18(25)24-12-15(21)10-16(24)11-22;/h5-8,15-17H,3-4,9-10,12,23H2,1-2H3;1H/t15-,16-,17+;/m0./s1. The number of carbonyl (C=O) groups is 1. The summed E-state index contributed by atoms with van der Waals surface area (Å²) in [7, 11) is 0. The number of rotatable bonds is 7. The zero-order valence-electron chi connectivity index (χ0n) is 15.5. The minimum absolute atomic E-state index is 0. The van der Waals surface area contributed by atoms with E-state index in [1.165, 1.54) is 17.0 Å². The highest BCUT2D eigenvalue weighted by Crippen LogP contribution is 2.31. The lowest BCUT2D eigenvalue weighted by atomic mass is 10.0. The zero-order valence-corrected chi connectivity index (χ0v) is 17.2. The van der Waals surface area contributed by atoms with E-state index in [0.717, 1.165) is 24.2 Å². The molecule has 1 aliphatic rings. The summed E-state index contributed by atoms with van der Waals surface area (Å²) in [5.41, 5.74) is 7.22. The van der Waals surface area contributed by atoms with Gasteiger partial charge in [-0.15, -0.1) is 12.4 Å². The van der Waals surface area contributed by atoms with E-state index >= 15 is 0 Å². The van der Waals surface area contributed by atoms with Crippen LogP contribution >= 0.6 is 24.2 Å². The van der Waals surface area contributed by atoms with Crippen molar-refractivity contribution in [3.8, 4) is 6.07 Å². The maximum atomic E-state index is 13.6. The van der Waals surface area contributed by atoms with E-state index in [4.69, 9.17) is 11.0 Å². The Bertz CT molecular complexity index is 666. The molecule has 27 heavy (non-hydrogen) atoms. The SMILES string of the molecule is CC(C)(SCCCc1ccc(F)cc1)[C@H](N)C(=O)N1C[C@@H](F)C[C@H]1C#N.Cl. The minimum Gasteiger partial charge on any atom is -0.322 e. The Morgan fingerprint density at radius 2 is 2.07 bits per heavy atom. The molecule has 0 radical (unpaired) electrons. The molecule has 2 rings (SSSR count). The van der Waals surface area contributed by atoms with Crippen LogP contribution in [0.1, 0.15) is 32.3 Å². The Hall–Kier alpha value is -1.36. The predicted molar refractivity (Wildman–Crippen MR) is 107 cm³/mol. The van der Waals surface area contributed by atoms with Gasteiger partial charge in [-0.05, 0) is 50.1 Å². The Labute approximate surface area is 169 Å². The molecular formula is C19H26ClF2N3OS. The summed E-state index contributed by atoms with van der Waals surface area (Å²) in [4.78, 5) is 13.9. The largest absolute Gasteiger partial charge is 0.322 e. The van der Waals surface area contributed by atoms with Crippen molar-refractivity contribution in [3.05, 3.63) is 35.6 Å². The number of aryl methyl sites for hydroxylation is 1. The number of halogens is 3. The first-order chi connectivity index (χ1) is 12.2. The predicted octanol–water partition coefficient (Wildman–Crippen LogP) is 3.48. The van der Waals surface area contributed by atoms with E-state index in [1.54, 1.807) is 23.9 Å². The number of nitrogens with zero attached hydrogens (tertiary/aromatic N) is 2. The number of amides is 1. The van der Waals surface area contributed by atoms with Crippen LogP contribution in [-0.2, 0) is 11.2 Å². The van der Waals surface area contributed by atoms with Gasteiger partial charge >= 0.3 is 0 Å². The van der Waals surface area contributed by atoms with Crippen molar-refractivity contribution in [1.29, 1.82) is 5.26 Å². The number of hydrogen-bond acceptors (Lipinski definition) is 4. The summed E-state index contributed by atoms with van der Waals surface area (Å²) in [6, 6.07) is 6.87. The first-order valence-electron chi connectivity index (χ1n) is 8.72. The summed E-state index contributed by atoms with van der Waals surface area (Å²) in [5, 5.41) is 9.11. The number of nitrogens with two attached hydrogens (primary N) is 1. The molecule has 0 unspecified atom stereocenters. The third-order valence-electron chi connectivity index (χ3n) is 4.69. The van der Waals surface area contributed by atoms with Crippen LogP contribution < -0.4 is 5.73 Å². The van der Waals surface area contributed by atoms with Crippen molar-refractivity contribution in [2.45, 2.75) is 56.1 Å². The van der Waals surface area contributed by atoms with Crippen LogP contribution in [-0.4, -0.2) is 46.1 Å². The van der Waals surface area contributed by atoms with E-state index in [-0.39, 0.29) is 37.1 Å². The van der Waals surface area contributed by atoms with Crippen molar-refractivity contribution in [1.82, 2.24) is 4.90 Å². The van der Waals surface area contributed by atoms with Gasteiger partial charge in [0.2, 0.25) is 5.91 Å². The Balaban J connectivity index is 0.00000364. The second kappa shape index (κ2) is 10.3. The van der Waals surface area contributed by atoms with Crippen LogP contribution in [0.4, 0.5) is 8.78 Å². The molecule has 0 spiro atoms. The molecule has 0 bridgehead atoms. The summed E-state index contributed by atoms with van der Waals surface area (Å²) < 4.78 is 25.9. The van der Waals surface area contributed by atoms with Gasteiger partial charge in [0.25, 0.3) is 0 Å². The molecule has 0 saturated carbocycles. The molecule has 1 aromatic carbocycles. The number of carbonyl (C=O) groups excluding carboxylic acids is 1. The van der Waals surface area contributed by atoms with Gasteiger partial charge in [0, 0.05) is 11.2 Å². The van der Waals surface area contributed by atoms with E-state index < -0.39 is 23.0 Å². The number of likely N-dealkylation sites (tertiary alicyclic amines) is 1. The van der Waals surface area contributed by atoms with Gasteiger partial charge in [-0.3, -0.25) is 4.79 Å². The number of thioether (sulfide) groups is 1. The summed E-state index contributed by atoms with van der Waals surface area (Å²) in [5.74, 6) is 0.174. The highest BCUT2D eigenvalue weighted by molar-refractivity contribution is 8.00. The molecule has 0 aliphatic carbocycles. The van der Waals surface area contributed by atoms with E-state index in [0.29, 0.717) is 0 Å². The normalized spacial score (nSPS) is 20.7. The van der Waals surface area contributed by atoms with Crippen LogP contribution in [0.3, 0.4) is 0 Å². The average Bonchev–Trinajstić information content (AvgIpc) is 3.00. The Kier molecular flexibility index (Phi) is 9.00. The topological polar surface area (TPSA) is 70.1 Å². The molecule has 150 valence electrons. The van der Waals surface area contributed by atoms with E-state index in [2.05, 4.69) is 0 Å². The maximum Gasteiger partial charge on any atom is 0.242 e. The van der Waals surface area contributed by atoms with Crippen LogP contribution in [0.15, 0.2) is 24.3 Å². The van der Waals surface area contributed by atoms with Crippen molar-refractivity contribution >= 4 is 30.1 Å². The second-order valence-corrected chi connectivity index (χ2v) is 8.88. The molecule has 1 aromatic rings. The molecule has 1 heterocycles. The molecule has 0 aromatic heterocycles. The summed E-state index contributed by atoms with van der Waals surface area (Å²) in [6.45, 7) is 3.72. The molecule has 1 aliphatic heterocycles. The quantitative estimate of drug-likeness (QED) is 0.689. The third-order valence-corrected chi connectivity index (χ3v) is 6.19. The number of alkyl halides is 1. The van der Waals surface area contributed by atoms with Gasteiger partial charge in [-0.25, -0.2) is 8.78 Å². The van der Waals surface area contributed by atoms with Crippen LogP contribution in [0, 0.1) is 17.1 Å².